The second-order valence-corrected chi connectivity index (χ2v) is 7.65. The fourth-order valence-corrected chi connectivity index (χ4v) is 4.30. The number of hydrogen-bond acceptors (Lipinski definition) is 3. The lowest BCUT2D eigenvalue weighted by molar-refractivity contribution is -0.104. The Balaban J connectivity index is 1.97. The van der Waals surface area contributed by atoms with E-state index in [1.165, 1.54) is 0 Å². The van der Waals surface area contributed by atoms with Crippen molar-refractivity contribution in [2.75, 3.05) is 0 Å². The Kier molecular flexibility index (Phi) is 6.94. The van der Waals surface area contributed by atoms with Crippen molar-refractivity contribution in [2.24, 2.45) is 0 Å². The van der Waals surface area contributed by atoms with Gasteiger partial charge in [-0.2, -0.15) is 0 Å². The summed E-state index contributed by atoms with van der Waals surface area (Å²) in [6.07, 6.45) is 4.63. The van der Waals surface area contributed by atoms with Crippen LogP contribution in [0.3, 0.4) is 0 Å². The molecule has 26 heavy (non-hydrogen) atoms. The number of carbonyl (C=O) groups is 1. The molecular weight excluding hydrogens is 356 g/mol. The summed E-state index contributed by atoms with van der Waals surface area (Å²) in [5.41, 5.74) is 1.11. The molecule has 0 heterocycles. The number of allylic oxidation sites excluding steroid dienone is 1. The largest absolute Gasteiger partial charge is 0.299 e. The standard InChI is InChI=1S/C23H18OS2/c24-17-16-22(25-20-12-6-2-7-13-20)23(18-19-10-4-1-5-11-19)26-21-14-8-3-9-15-21/h1-18H/b22-16-,23-18-. The lowest BCUT2D eigenvalue weighted by Gasteiger charge is -2.12. The van der Waals surface area contributed by atoms with Gasteiger partial charge in [0.15, 0.2) is 0 Å². The van der Waals surface area contributed by atoms with Gasteiger partial charge in [0, 0.05) is 19.6 Å². The minimum Gasteiger partial charge on any atom is -0.299 e. The predicted octanol–water partition coefficient (Wildman–Crippen LogP) is 6.69. The molecular formula is C23H18OS2. The first-order valence-electron chi connectivity index (χ1n) is 8.23. The van der Waals surface area contributed by atoms with Gasteiger partial charge in [-0.3, -0.25) is 4.79 Å². The van der Waals surface area contributed by atoms with Crippen LogP contribution in [0.5, 0.6) is 0 Å². The summed E-state index contributed by atoms with van der Waals surface area (Å²) in [6.45, 7) is 0. The summed E-state index contributed by atoms with van der Waals surface area (Å²) in [4.78, 5) is 15.5. The molecule has 128 valence electrons. The predicted molar refractivity (Wildman–Crippen MR) is 113 cm³/mol. The highest BCUT2D eigenvalue weighted by Gasteiger charge is 2.10. The van der Waals surface area contributed by atoms with Crippen molar-refractivity contribution in [2.45, 2.75) is 9.79 Å². The fourth-order valence-electron chi connectivity index (χ4n) is 2.31. The molecule has 0 atom stereocenters. The molecule has 3 rings (SSSR count). The number of hydrogen-bond donors (Lipinski definition) is 0. The first-order chi connectivity index (χ1) is 12.8. The minimum absolute atomic E-state index is 0.857. The third kappa shape index (κ3) is 5.51. The smallest absolute Gasteiger partial charge is 0.144 e. The van der Waals surface area contributed by atoms with Gasteiger partial charge in [-0.15, -0.1) is 0 Å². The van der Waals surface area contributed by atoms with Crippen LogP contribution >= 0.6 is 23.5 Å². The molecule has 0 aliphatic heterocycles. The maximum Gasteiger partial charge on any atom is 0.144 e. The van der Waals surface area contributed by atoms with E-state index < -0.39 is 0 Å². The zero-order valence-corrected chi connectivity index (χ0v) is 15.8. The monoisotopic (exact) mass is 374 g/mol. The van der Waals surface area contributed by atoms with E-state index in [0.717, 1.165) is 31.5 Å². The van der Waals surface area contributed by atoms with E-state index in [4.69, 9.17) is 0 Å². The van der Waals surface area contributed by atoms with E-state index in [0.29, 0.717) is 0 Å². The number of rotatable bonds is 7. The van der Waals surface area contributed by atoms with Gasteiger partial charge in [-0.25, -0.2) is 0 Å². The molecule has 0 N–H and O–H groups in total. The van der Waals surface area contributed by atoms with Gasteiger partial charge < -0.3 is 0 Å². The van der Waals surface area contributed by atoms with Crippen LogP contribution in [0.1, 0.15) is 5.56 Å². The average molecular weight is 375 g/mol. The van der Waals surface area contributed by atoms with Crippen LogP contribution in [0.25, 0.3) is 6.08 Å². The van der Waals surface area contributed by atoms with Gasteiger partial charge in [0.1, 0.15) is 6.29 Å². The van der Waals surface area contributed by atoms with Gasteiger partial charge >= 0.3 is 0 Å². The second-order valence-electron chi connectivity index (χ2n) is 5.42. The molecule has 0 aliphatic carbocycles. The van der Waals surface area contributed by atoms with Crippen molar-refractivity contribution in [1.29, 1.82) is 0 Å². The lowest BCUT2D eigenvalue weighted by Crippen LogP contribution is -1.86. The maximum atomic E-state index is 11.3. The Hall–Kier alpha value is -2.49. The molecule has 0 unspecified atom stereocenters. The van der Waals surface area contributed by atoms with Crippen LogP contribution < -0.4 is 0 Å². The second kappa shape index (κ2) is 9.85. The number of thioether (sulfide) groups is 2. The van der Waals surface area contributed by atoms with E-state index >= 15 is 0 Å². The summed E-state index contributed by atoms with van der Waals surface area (Å²) in [7, 11) is 0. The van der Waals surface area contributed by atoms with Crippen LogP contribution in [-0.2, 0) is 4.79 Å². The van der Waals surface area contributed by atoms with E-state index in [9.17, 15) is 4.79 Å². The number of carbonyl (C=O) groups excluding carboxylic acids is 1. The Morgan fingerprint density at radius 3 is 1.58 bits per heavy atom. The molecule has 0 fully saturated rings. The normalized spacial score (nSPS) is 12.0. The summed E-state index contributed by atoms with van der Waals surface area (Å²) in [5, 5.41) is 0. The molecule has 3 heteroatoms. The van der Waals surface area contributed by atoms with E-state index in [1.807, 2.05) is 54.6 Å². The molecule has 0 saturated carbocycles. The maximum absolute atomic E-state index is 11.3. The average Bonchev–Trinajstić information content (AvgIpc) is 2.70. The number of benzene rings is 3. The van der Waals surface area contributed by atoms with Gasteiger partial charge in [0.25, 0.3) is 0 Å². The fraction of sp³-hybridized carbons (Fsp3) is 0. The van der Waals surface area contributed by atoms with Crippen molar-refractivity contribution in [3.05, 3.63) is 112 Å². The SMILES string of the molecule is O=C/C=C(Sc1ccccc1)/C(=C/c1ccccc1)Sc1ccccc1. The lowest BCUT2D eigenvalue weighted by atomic mass is 10.2. The van der Waals surface area contributed by atoms with Crippen LogP contribution in [0.15, 0.2) is 117 Å². The van der Waals surface area contributed by atoms with Crippen molar-refractivity contribution >= 4 is 35.9 Å². The molecule has 0 aromatic heterocycles. The topological polar surface area (TPSA) is 17.1 Å². The van der Waals surface area contributed by atoms with Crippen LogP contribution in [-0.4, -0.2) is 6.29 Å². The molecule has 0 aliphatic rings. The van der Waals surface area contributed by atoms with Crippen molar-refractivity contribution in [3.63, 3.8) is 0 Å². The Morgan fingerprint density at radius 1 is 0.615 bits per heavy atom. The minimum atomic E-state index is 0.857. The van der Waals surface area contributed by atoms with Gasteiger partial charge in [-0.1, -0.05) is 90.3 Å². The highest BCUT2D eigenvalue weighted by Crippen LogP contribution is 2.41. The Labute approximate surface area is 162 Å². The van der Waals surface area contributed by atoms with E-state index in [1.54, 1.807) is 29.6 Å². The molecule has 3 aromatic rings. The summed E-state index contributed by atoms with van der Waals surface area (Å²) in [5.74, 6) is 0. The first kappa shape index (κ1) is 18.3. The first-order valence-corrected chi connectivity index (χ1v) is 9.87. The zero-order valence-electron chi connectivity index (χ0n) is 14.1. The molecule has 0 amide bonds. The van der Waals surface area contributed by atoms with E-state index in [-0.39, 0.29) is 0 Å². The van der Waals surface area contributed by atoms with Crippen LogP contribution in [0, 0.1) is 0 Å². The molecule has 0 radical (unpaired) electrons. The van der Waals surface area contributed by atoms with Crippen molar-refractivity contribution in [3.8, 4) is 0 Å². The zero-order chi connectivity index (χ0) is 18.0. The van der Waals surface area contributed by atoms with Crippen LogP contribution in [0.4, 0.5) is 0 Å². The highest BCUT2D eigenvalue weighted by atomic mass is 32.2. The van der Waals surface area contributed by atoms with Crippen LogP contribution in [0.2, 0.25) is 0 Å². The Morgan fingerprint density at radius 2 is 1.08 bits per heavy atom. The molecule has 0 saturated heterocycles. The quantitative estimate of drug-likeness (QED) is 0.198. The van der Waals surface area contributed by atoms with E-state index in [2.05, 4.69) is 42.5 Å². The van der Waals surface area contributed by atoms with Crippen molar-refractivity contribution < 1.29 is 4.79 Å². The van der Waals surface area contributed by atoms with Gasteiger partial charge in [0.05, 0.1) is 0 Å². The summed E-state index contributed by atoms with van der Waals surface area (Å²) < 4.78 is 0. The van der Waals surface area contributed by atoms with Gasteiger partial charge in [-0.05, 0) is 42.0 Å². The molecule has 0 bridgehead atoms. The third-order valence-corrected chi connectivity index (χ3v) is 5.78. The summed E-state index contributed by atoms with van der Waals surface area (Å²) >= 11 is 3.26. The number of aldehydes is 1. The third-order valence-electron chi connectivity index (χ3n) is 3.50. The molecule has 1 nitrogen and oxygen atoms in total. The molecule has 3 aromatic carbocycles. The Bertz CT molecular complexity index is 885. The highest BCUT2D eigenvalue weighted by molar-refractivity contribution is 8.08. The van der Waals surface area contributed by atoms with Crippen molar-refractivity contribution in [1.82, 2.24) is 0 Å². The molecule has 0 spiro atoms. The van der Waals surface area contributed by atoms with Gasteiger partial charge in [0.2, 0.25) is 0 Å². The summed E-state index contributed by atoms with van der Waals surface area (Å²) in [6, 6.07) is 30.5.